The third kappa shape index (κ3) is 1.63. The van der Waals surface area contributed by atoms with Gasteiger partial charge in [-0.15, -0.1) is 0 Å². The first-order valence-corrected chi connectivity index (χ1v) is 4.62. The second kappa shape index (κ2) is 4.06. The van der Waals surface area contributed by atoms with Crippen molar-refractivity contribution in [2.75, 3.05) is 14.2 Å². The van der Waals surface area contributed by atoms with Gasteiger partial charge < -0.3 is 9.47 Å². The van der Waals surface area contributed by atoms with Crippen molar-refractivity contribution in [3.8, 4) is 17.6 Å². The molecule has 0 fully saturated rings. The minimum absolute atomic E-state index is 0.124. The summed E-state index contributed by atoms with van der Waals surface area (Å²) in [6.45, 7) is 0.124. The third-order valence-corrected chi connectivity index (χ3v) is 2.14. The van der Waals surface area contributed by atoms with Crippen LogP contribution in [0.4, 0.5) is 0 Å². The first-order chi connectivity index (χ1) is 7.78. The summed E-state index contributed by atoms with van der Waals surface area (Å²) in [6, 6.07) is 5.44. The predicted molar refractivity (Wildman–Crippen MR) is 56.2 cm³/mol. The van der Waals surface area contributed by atoms with E-state index in [0.29, 0.717) is 22.5 Å². The molecule has 0 aliphatic carbocycles. The Morgan fingerprint density at radius 2 is 1.69 bits per heavy atom. The summed E-state index contributed by atoms with van der Waals surface area (Å²) >= 11 is 0. The molecule has 0 aliphatic heterocycles. The number of benzene rings is 1. The Balaban J connectivity index is 2.56. The van der Waals surface area contributed by atoms with Crippen molar-refractivity contribution in [3.63, 3.8) is 0 Å². The topological polar surface area (TPSA) is 73.0 Å². The van der Waals surface area contributed by atoms with Crippen molar-refractivity contribution >= 4 is 11.0 Å². The Morgan fingerprint density at radius 1 is 1.19 bits per heavy atom. The minimum Gasteiger partial charge on any atom is -0.493 e. The predicted octanol–water partition coefficient (Wildman–Crippen LogP) is 0.972. The second-order valence-corrected chi connectivity index (χ2v) is 3.08. The van der Waals surface area contributed by atoms with E-state index >= 15 is 0 Å². The summed E-state index contributed by atoms with van der Waals surface area (Å²) in [6.07, 6.45) is 0. The minimum atomic E-state index is 0.124. The van der Waals surface area contributed by atoms with E-state index in [2.05, 4.69) is 10.2 Å². The van der Waals surface area contributed by atoms with Crippen LogP contribution in [0.2, 0.25) is 0 Å². The van der Waals surface area contributed by atoms with E-state index in [9.17, 15) is 0 Å². The lowest BCUT2D eigenvalue weighted by Gasteiger charge is -2.05. The smallest absolute Gasteiger partial charge is 0.163 e. The number of hydrogen-bond donors (Lipinski definition) is 0. The molecule has 6 heteroatoms. The fraction of sp³-hybridized carbons (Fsp3) is 0.300. The lowest BCUT2D eigenvalue weighted by molar-refractivity contribution is 0.356. The molecule has 82 valence electrons. The van der Waals surface area contributed by atoms with Gasteiger partial charge in [-0.1, -0.05) is 0 Å². The normalized spacial score (nSPS) is 10.1. The van der Waals surface area contributed by atoms with Crippen LogP contribution in [-0.2, 0) is 6.54 Å². The Hall–Kier alpha value is -2.29. The molecule has 0 saturated carbocycles. The van der Waals surface area contributed by atoms with Gasteiger partial charge >= 0.3 is 0 Å². The van der Waals surface area contributed by atoms with Crippen LogP contribution < -0.4 is 9.47 Å². The Morgan fingerprint density at radius 3 is 2.06 bits per heavy atom. The molecule has 2 rings (SSSR count). The van der Waals surface area contributed by atoms with Crippen molar-refractivity contribution in [3.05, 3.63) is 12.1 Å². The summed E-state index contributed by atoms with van der Waals surface area (Å²) in [5.41, 5.74) is 1.35. The molecular weight excluding hydrogens is 208 g/mol. The van der Waals surface area contributed by atoms with Gasteiger partial charge in [0.15, 0.2) is 11.5 Å². The first kappa shape index (κ1) is 10.2. The van der Waals surface area contributed by atoms with Crippen LogP contribution in [-0.4, -0.2) is 29.2 Å². The van der Waals surface area contributed by atoms with Crippen LogP contribution in [0.1, 0.15) is 0 Å². The van der Waals surface area contributed by atoms with Crippen LogP contribution in [0.15, 0.2) is 12.1 Å². The van der Waals surface area contributed by atoms with Gasteiger partial charge in [0.2, 0.25) is 0 Å². The number of ether oxygens (including phenoxy) is 2. The van der Waals surface area contributed by atoms with Gasteiger partial charge in [-0.3, -0.25) is 0 Å². The van der Waals surface area contributed by atoms with Crippen LogP contribution in [0.25, 0.3) is 11.0 Å². The number of nitriles is 1. The van der Waals surface area contributed by atoms with Crippen molar-refractivity contribution in [1.82, 2.24) is 15.0 Å². The molecule has 0 N–H and O–H groups in total. The quantitative estimate of drug-likeness (QED) is 0.767. The van der Waals surface area contributed by atoms with Gasteiger partial charge in [0.05, 0.1) is 20.3 Å². The summed E-state index contributed by atoms with van der Waals surface area (Å²) in [5, 5.41) is 16.8. The van der Waals surface area contributed by atoms with E-state index in [4.69, 9.17) is 14.7 Å². The lowest BCUT2D eigenvalue weighted by Crippen LogP contribution is -1.98. The number of fused-ring (bicyclic) bond motifs is 1. The highest BCUT2D eigenvalue weighted by Crippen LogP contribution is 2.30. The molecule has 0 bridgehead atoms. The van der Waals surface area contributed by atoms with Crippen LogP contribution in [0.3, 0.4) is 0 Å². The number of nitrogens with zero attached hydrogens (tertiary/aromatic N) is 4. The molecule has 0 spiro atoms. The largest absolute Gasteiger partial charge is 0.493 e. The molecule has 0 unspecified atom stereocenters. The highest BCUT2D eigenvalue weighted by atomic mass is 16.5. The molecule has 0 saturated heterocycles. The number of rotatable bonds is 3. The monoisotopic (exact) mass is 218 g/mol. The van der Waals surface area contributed by atoms with Crippen molar-refractivity contribution < 1.29 is 9.47 Å². The second-order valence-electron chi connectivity index (χ2n) is 3.08. The molecule has 0 amide bonds. The standard InChI is InChI=1S/C10H10N4O2/c1-15-9-5-7-8(6-10(9)16-2)13-14(12-7)4-3-11/h5-6H,4H2,1-2H3. The van der Waals surface area contributed by atoms with E-state index in [1.807, 2.05) is 6.07 Å². The molecule has 0 radical (unpaired) electrons. The first-order valence-electron chi connectivity index (χ1n) is 4.62. The summed E-state index contributed by atoms with van der Waals surface area (Å²) in [5.74, 6) is 1.19. The highest BCUT2D eigenvalue weighted by molar-refractivity contribution is 5.78. The molecule has 1 aromatic carbocycles. The summed E-state index contributed by atoms with van der Waals surface area (Å²) in [4.78, 5) is 1.34. The molecular formula is C10H10N4O2. The van der Waals surface area contributed by atoms with Crippen molar-refractivity contribution in [2.45, 2.75) is 6.54 Å². The molecule has 0 aliphatic rings. The summed E-state index contributed by atoms with van der Waals surface area (Å²) in [7, 11) is 3.12. The zero-order valence-electron chi connectivity index (χ0n) is 8.97. The Labute approximate surface area is 92.0 Å². The van der Waals surface area contributed by atoms with E-state index in [1.54, 1.807) is 26.4 Å². The van der Waals surface area contributed by atoms with Gasteiger partial charge in [-0.2, -0.15) is 20.3 Å². The van der Waals surface area contributed by atoms with Crippen LogP contribution >= 0.6 is 0 Å². The molecule has 2 aromatic rings. The van der Waals surface area contributed by atoms with E-state index in [1.165, 1.54) is 4.80 Å². The van der Waals surface area contributed by atoms with E-state index < -0.39 is 0 Å². The number of hydrogen-bond acceptors (Lipinski definition) is 5. The van der Waals surface area contributed by atoms with Crippen molar-refractivity contribution in [2.24, 2.45) is 0 Å². The SMILES string of the molecule is COc1cc2nn(CC#N)nc2cc1OC. The Kier molecular flexibility index (Phi) is 2.60. The fourth-order valence-corrected chi connectivity index (χ4v) is 1.42. The van der Waals surface area contributed by atoms with E-state index in [0.717, 1.165) is 0 Å². The maximum atomic E-state index is 8.55. The summed E-state index contributed by atoms with van der Waals surface area (Å²) < 4.78 is 10.3. The average molecular weight is 218 g/mol. The zero-order valence-corrected chi connectivity index (χ0v) is 8.97. The molecule has 1 heterocycles. The fourth-order valence-electron chi connectivity index (χ4n) is 1.42. The highest BCUT2D eigenvalue weighted by Gasteiger charge is 2.09. The van der Waals surface area contributed by atoms with Gasteiger partial charge in [0, 0.05) is 12.1 Å². The van der Waals surface area contributed by atoms with Crippen molar-refractivity contribution in [1.29, 1.82) is 5.26 Å². The van der Waals surface area contributed by atoms with Crippen LogP contribution in [0.5, 0.6) is 11.5 Å². The molecule has 16 heavy (non-hydrogen) atoms. The maximum absolute atomic E-state index is 8.55. The third-order valence-electron chi connectivity index (χ3n) is 2.14. The van der Waals surface area contributed by atoms with Gasteiger partial charge in [-0.05, 0) is 0 Å². The van der Waals surface area contributed by atoms with Gasteiger partial charge in [0.25, 0.3) is 0 Å². The molecule has 6 nitrogen and oxygen atoms in total. The lowest BCUT2D eigenvalue weighted by atomic mass is 10.3. The molecule has 0 atom stereocenters. The zero-order chi connectivity index (χ0) is 11.5. The maximum Gasteiger partial charge on any atom is 0.163 e. The average Bonchev–Trinajstić information content (AvgIpc) is 2.68. The number of aromatic nitrogens is 3. The van der Waals surface area contributed by atoms with E-state index in [-0.39, 0.29) is 6.54 Å². The Bertz CT molecular complexity index is 515. The van der Waals surface area contributed by atoms with Crippen LogP contribution in [0, 0.1) is 11.3 Å². The van der Waals surface area contributed by atoms with Gasteiger partial charge in [0.1, 0.15) is 17.6 Å². The number of methoxy groups -OCH3 is 2. The molecule has 1 aromatic heterocycles. The van der Waals surface area contributed by atoms with Gasteiger partial charge in [-0.25, -0.2) is 0 Å².